The molecular formula is C17H26FNO2. The van der Waals surface area contributed by atoms with E-state index in [0.717, 1.165) is 19.4 Å². The lowest BCUT2D eigenvalue weighted by molar-refractivity contribution is 0.0162. The van der Waals surface area contributed by atoms with Crippen LogP contribution in [0.25, 0.3) is 0 Å². The number of halogens is 1. The van der Waals surface area contributed by atoms with Crippen LogP contribution in [0.2, 0.25) is 0 Å². The van der Waals surface area contributed by atoms with E-state index in [1.165, 1.54) is 6.07 Å². The predicted molar refractivity (Wildman–Crippen MR) is 82.3 cm³/mol. The Morgan fingerprint density at radius 2 is 2.00 bits per heavy atom. The molecule has 1 aromatic carbocycles. The van der Waals surface area contributed by atoms with Crippen LogP contribution in [0.15, 0.2) is 18.2 Å². The van der Waals surface area contributed by atoms with Crippen LogP contribution in [0.4, 0.5) is 4.39 Å². The van der Waals surface area contributed by atoms with Crippen molar-refractivity contribution < 1.29 is 13.9 Å². The van der Waals surface area contributed by atoms with Crippen molar-refractivity contribution in [2.75, 3.05) is 13.2 Å². The third kappa shape index (κ3) is 5.29. The normalized spacial score (nSPS) is 22.5. The maximum atomic E-state index is 13.2. The van der Waals surface area contributed by atoms with Gasteiger partial charge in [-0.05, 0) is 64.3 Å². The lowest BCUT2D eigenvalue weighted by atomic mass is 10.1. The molecule has 0 amide bonds. The molecule has 118 valence electrons. The van der Waals surface area contributed by atoms with Gasteiger partial charge in [-0.1, -0.05) is 0 Å². The first kappa shape index (κ1) is 16.2. The molecule has 0 radical (unpaired) electrons. The minimum atomic E-state index is -0.201. The number of hydrogen-bond acceptors (Lipinski definition) is 3. The molecule has 1 saturated heterocycles. The van der Waals surface area contributed by atoms with Crippen molar-refractivity contribution in [2.45, 2.75) is 58.3 Å². The lowest BCUT2D eigenvalue weighted by Crippen LogP contribution is -2.41. The van der Waals surface area contributed by atoms with E-state index >= 15 is 0 Å². The topological polar surface area (TPSA) is 30.5 Å². The minimum absolute atomic E-state index is 0.115. The van der Waals surface area contributed by atoms with Gasteiger partial charge in [0.05, 0.1) is 12.2 Å². The quantitative estimate of drug-likeness (QED) is 0.902. The molecule has 1 aromatic rings. The van der Waals surface area contributed by atoms with E-state index in [2.05, 4.69) is 26.1 Å². The van der Waals surface area contributed by atoms with E-state index < -0.39 is 0 Å². The van der Waals surface area contributed by atoms with Gasteiger partial charge in [-0.15, -0.1) is 0 Å². The number of hydrogen-bond donors (Lipinski definition) is 1. The first-order valence-corrected chi connectivity index (χ1v) is 7.63. The summed E-state index contributed by atoms with van der Waals surface area (Å²) in [4.78, 5) is 0. The zero-order valence-corrected chi connectivity index (χ0v) is 13.4. The second-order valence-electron chi connectivity index (χ2n) is 6.81. The molecule has 0 aliphatic carbocycles. The summed E-state index contributed by atoms with van der Waals surface area (Å²) in [7, 11) is 0. The Hall–Kier alpha value is -1.13. The van der Waals surface area contributed by atoms with Crippen LogP contribution in [-0.4, -0.2) is 30.9 Å². The van der Waals surface area contributed by atoms with Crippen molar-refractivity contribution in [2.24, 2.45) is 0 Å². The minimum Gasteiger partial charge on any atom is -0.491 e. The molecule has 4 heteroatoms. The fourth-order valence-electron chi connectivity index (χ4n) is 2.37. The molecule has 2 atom stereocenters. The van der Waals surface area contributed by atoms with Gasteiger partial charge in [-0.25, -0.2) is 4.39 Å². The molecule has 0 aromatic heterocycles. The highest BCUT2D eigenvalue weighted by Gasteiger charge is 2.26. The third-order valence-electron chi connectivity index (χ3n) is 3.62. The SMILES string of the molecule is Cc1cc(OCC2CCC(CNC(C)(C)C)O2)ccc1F. The molecule has 2 rings (SSSR count). The van der Waals surface area contributed by atoms with E-state index in [4.69, 9.17) is 9.47 Å². The van der Waals surface area contributed by atoms with Gasteiger partial charge < -0.3 is 14.8 Å². The standard InChI is InChI=1S/C17H26FNO2/c1-12-9-13(7-8-16(12)18)20-11-15-6-5-14(21-15)10-19-17(2,3)4/h7-9,14-15,19H,5-6,10-11H2,1-4H3. The molecule has 1 aliphatic rings. The van der Waals surface area contributed by atoms with Crippen molar-refractivity contribution >= 4 is 0 Å². The van der Waals surface area contributed by atoms with Gasteiger partial charge in [0, 0.05) is 12.1 Å². The fraction of sp³-hybridized carbons (Fsp3) is 0.647. The summed E-state index contributed by atoms with van der Waals surface area (Å²) in [5.74, 6) is 0.501. The first-order chi connectivity index (χ1) is 9.83. The van der Waals surface area contributed by atoms with Crippen LogP contribution >= 0.6 is 0 Å². The van der Waals surface area contributed by atoms with Gasteiger partial charge in [-0.3, -0.25) is 0 Å². The Balaban J connectivity index is 1.74. The summed E-state index contributed by atoms with van der Waals surface area (Å²) < 4.78 is 24.9. The Morgan fingerprint density at radius 3 is 2.67 bits per heavy atom. The summed E-state index contributed by atoms with van der Waals surface area (Å²) >= 11 is 0. The molecule has 1 fully saturated rings. The van der Waals surface area contributed by atoms with E-state index in [1.54, 1.807) is 19.1 Å². The number of ether oxygens (including phenoxy) is 2. The highest BCUT2D eigenvalue weighted by molar-refractivity contribution is 5.28. The zero-order valence-electron chi connectivity index (χ0n) is 13.4. The Labute approximate surface area is 126 Å². The van der Waals surface area contributed by atoms with Gasteiger partial charge in [0.2, 0.25) is 0 Å². The van der Waals surface area contributed by atoms with Gasteiger partial charge >= 0.3 is 0 Å². The highest BCUT2D eigenvalue weighted by atomic mass is 19.1. The van der Waals surface area contributed by atoms with E-state index in [-0.39, 0.29) is 23.6 Å². The number of benzene rings is 1. The molecular weight excluding hydrogens is 269 g/mol. The monoisotopic (exact) mass is 295 g/mol. The van der Waals surface area contributed by atoms with Crippen LogP contribution < -0.4 is 10.1 Å². The van der Waals surface area contributed by atoms with Crippen molar-refractivity contribution in [1.82, 2.24) is 5.32 Å². The predicted octanol–water partition coefficient (Wildman–Crippen LogP) is 3.45. The largest absolute Gasteiger partial charge is 0.491 e. The maximum absolute atomic E-state index is 13.2. The van der Waals surface area contributed by atoms with Crippen molar-refractivity contribution in [3.8, 4) is 5.75 Å². The van der Waals surface area contributed by atoms with E-state index in [1.807, 2.05) is 0 Å². The van der Waals surface area contributed by atoms with Crippen LogP contribution in [0.1, 0.15) is 39.2 Å². The van der Waals surface area contributed by atoms with Crippen molar-refractivity contribution in [3.63, 3.8) is 0 Å². The maximum Gasteiger partial charge on any atom is 0.126 e. The fourth-order valence-corrected chi connectivity index (χ4v) is 2.37. The number of aryl methyl sites for hydroxylation is 1. The van der Waals surface area contributed by atoms with Gasteiger partial charge in [-0.2, -0.15) is 0 Å². The Bertz CT molecular complexity index is 470. The summed E-state index contributed by atoms with van der Waals surface area (Å²) in [6.45, 7) is 9.59. The smallest absolute Gasteiger partial charge is 0.126 e. The zero-order chi connectivity index (χ0) is 15.5. The summed E-state index contributed by atoms with van der Waals surface area (Å²) in [6.07, 6.45) is 2.45. The van der Waals surface area contributed by atoms with Crippen LogP contribution in [-0.2, 0) is 4.74 Å². The molecule has 0 spiro atoms. The van der Waals surface area contributed by atoms with Crippen molar-refractivity contribution in [3.05, 3.63) is 29.6 Å². The lowest BCUT2D eigenvalue weighted by Gasteiger charge is -2.23. The average molecular weight is 295 g/mol. The second-order valence-corrected chi connectivity index (χ2v) is 6.81. The highest BCUT2D eigenvalue weighted by Crippen LogP contribution is 2.22. The Morgan fingerprint density at radius 1 is 1.29 bits per heavy atom. The molecule has 0 bridgehead atoms. The summed E-state index contributed by atoms with van der Waals surface area (Å²) in [5.41, 5.74) is 0.718. The molecule has 1 aliphatic heterocycles. The van der Waals surface area contributed by atoms with Gasteiger partial charge in [0.25, 0.3) is 0 Å². The van der Waals surface area contributed by atoms with Crippen LogP contribution in [0.5, 0.6) is 5.75 Å². The number of rotatable bonds is 5. The first-order valence-electron chi connectivity index (χ1n) is 7.63. The molecule has 3 nitrogen and oxygen atoms in total. The summed E-state index contributed by atoms with van der Waals surface area (Å²) in [5, 5.41) is 3.46. The summed E-state index contributed by atoms with van der Waals surface area (Å²) in [6, 6.07) is 4.83. The molecule has 2 unspecified atom stereocenters. The third-order valence-corrected chi connectivity index (χ3v) is 3.62. The average Bonchev–Trinajstić information content (AvgIpc) is 2.85. The van der Waals surface area contributed by atoms with E-state index in [9.17, 15) is 4.39 Å². The van der Waals surface area contributed by atoms with Crippen molar-refractivity contribution in [1.29, 1.82) is 0 Å². The van der Waals surface area contributed by atoms with Gasteiger partial charge in [0.1, 0.15) is 18.2 Å². The van der Waals surface area contributed by atoms with Gasteiger partial charge in [0.15, 0.2) is 0 Å². The van der Waals surface area contributed by atoms with Crippen LogP contribution in [0, 0.1) is 12.7 Å². The molecule has 1 heterocycles. The second kappa shape index (κ2) is 6.75. The van der Waals surface area contributed by atoms with E-state index in [0.29, 0.717) is 17.9 Å². The molecule has 0 saturated carbocycles. The number of nitrogens with one attached hydrogen (secondary N) is 1. The molecule has 1 N–H and O–H groups in total. The van der Waals surface area contributed by atoms with Crippen LogP contribution in [0.3, 0.4) is 0 Å². The molecule has 21 heavy (non-hydrogen) atoms. The Kier molecular flexibility index (Phi) is 5.22.